The van der Waals surface area contributed by atoms with E-state index in [-0.39, 0.29) is 18.0 Å². The minimum Gasteiger partial charge on any atom is -0.456 e. The molecule has 19 heavy (non-hydrogen) atoms. The third-order valence-corrected chi connectivity index (χ3v) is 3.33. The molecule has 0 saturated heterocycles. The van der Waals surface area contributed by atoms with Gasteiger partial charge in [-0.2, -0.15) is 0 Å². The van der Waals surface area contributed by atoms with Crippen LogP contribution in [0.25, 0.3) is 0 Å². The van der Waals surface area contributed by atoms with Crippen molar-refractivity contribution in [3.05, 3.63) is 23.7 Å². The van der Waals surface area contributed by atoms with E-state index in [0.717, 1.165) is 25.7 Å². The Balaban J connectivity index is 1.88. The molecule has 0 bridgehead atoms. The molecule has 2 rings (SSSR count). The molecule has 1 aliphatic carbocycles. The predicted molar refractivity (Wildman–Crippen MR) is 67.9 cm³/mol. The third kappa shape index (κ3) is 3.81. The number of furan rings is 1. The molecule has 2 atom stereocenters. The number of esters is 1. The van der Waals surface area contributed by atoms with Crippen molar-refractivity contribution in [2.75, 3.05) is 14.2 Å². The van der Waals surface area contributed by atoms with Gasteiger partial charge in [0.2, 0.25) is 5.76 Å². The number of carbonyl (C=O) groups is 1. The summed E-state index contributed by atoms with van der Waals surface area (Å²) >= 11 is 0. The average Bonchev–Trinajstić information content (AvgIpc) is 2.88. The van der Waals surface area contributed by atoms with Crippen LogP contribution < -0.4 is 0 Å². The minimum atomic E-state index is -0.413. The highest BCUT2D eigenvalue weighted by atomic mass is 16.6. The summed E-state index contributed by atoms with van der Waals surface area (Å²) in [7, 11) is 3.27. The van der Waals surface area contributed by atoms with Gasteiger partial charge in [-0.05, 0) is 31.4 Å². The molecule has 1 fully saturated rings. The van der Waals surface area contributed by atoms with E-state index in [2.05, 4.69) is 0 Å². The minimum absolute atomic E-state index is 0.0813. The molecule has 0 radical (unpaired) electrons. The van der Waals surface area contributed by atoms with Gasteiger partial charge in [-0.1, -0.05) is 0 Å². The topological polar surface area (TPSA) is 57.9 Å². The Morgan fingerprint density at radius 1 is 1.32 bits per heavy atom. The largest absolute Gasteiger partial charge is 0.456 e. The third-order valence-electron chi connectivity index (χ3n) is 3.33. The molecular weight excluding hydrogens is 248 g/mol. The second-order valence-electron chi connectivity index (χ2n) is 4.75. The van der Waals surface area contributed by atoms with Crippen molar-refractivity contribution >= 4 is 5.97 Å². The Morgan fingerprint density at radius 2 is 2.11 bits per heavy atom. The van der Waals surface area contributed by atoms with Gasteiger partial charge in [0.1, 0.15) is 18.5 Å². The van der Waals surface area contributed by atoms with Gasteiger partial charge in [-0.3, -0.25) is 0 Å². The van der Waals surface area contributed by atoms with Crippen molar-refractivity contribution < 1.29 is 23.4 Å². The number of rotatable bonds is 5. The van der Waals surface area contributed by atoms with Crippen LogP contribution >= 0.6 is 0 Å². The van der Waals surface area contributed by atoms with Crippen molar-refractivity contribution in [2.24, 2.45) is 0 Å². The van der Waals surface area contributed by atoms with Crippen LogP contribution in [0, 0.1) is 0 Å². The van der Waals surface area contributed by atoms with Gasteiger partial charge in [0.25, 0.3) is 0 Å². The number of methoxy groups -OCH3 is 2. The number of ether oxygens (including phenoxy) is 3. The second-order valence-corrected chi connectivity index (χ2v) is 4.75. The predicted octanol–water partition coefficient (Wildman–Crippen LogP) is 2.54. The molecule has 1 aromatic heterocycles. The Kier molecular flexibility index (Phi) is 4.99. The van der Waals surface area contributed by atoms with E-state index in [4.69, 9.17) is 18.6 Å². The van der Waals surface area contributed by atoms with Crippen molar-refractivity contribution in [3.63, 3.8) is 0 Å². The number of hydrogen-bond acceptors (Lipinski definition) is 5. The van der Waals surface area contributed by atoms with Gasteiger partial charge in [0, 0.05) is 20.6 Å². The molecular formula is C14H20O5. The summed E-state index contributed by atoms with van der Waals surface area (Å²) in [4.78, 5) is 11.9. The van der Waals surface area contributed by atoms with Gasteiger partial charge in [0.05, 0.1) is 6.10 Å². The summed E-state index contributed by atoms with van der Waals surface area (Å²) in [5.74, 6) is 0.434. The van der Waals surface area contributed by atoms with Crippen LogP contribution in [-0.2, 0) is 20.8 Å². The molecule has 5 nitrogen and oxygen atoms in total. The van der Waals surface area contributed by atoms with Crippen LogP contribution in [0.15, 0.2) is 16.5 Å². The van der Waals surface area contributed by atoms with Crippen LogP contribution in [0.2, 0.25) is 0 Å². The van der Waals surface area contributed by atoms with Crippen molar-refractivity contribution in [3.8, 4) is 0 Å². The molecule has 1 saturated carbocycles. The van der Waals surface area contributed by atoms with E-state index in [9.17, 15) is 4.79 Å². The fraction of sp³-hybridized carbons (Fsp3) is 0.643. The Bertz CT molecular complexity index is 412. The first-order valence-electron chi connectivity index (χ1n) is 6.54. The van der Waals surface area contributed by atoms with E-state index >= 15 is 0 Å². The van der Waals surface area contributed by atoms with Crippen LogP contribution in [0.4, 0.5) is 0 Å². The van der Waals surface area contributed by atoms with Crippen LogP contribution in [0.5, 0.6) is 0 Å². The summed E-state index contributed by atoms with van der Waals surface area (Å²) < 4.78 is 21.0. The van der Waals surface area contributed by atoms with E-state index in [1.54, 1.807) is 26.4 Å². The molecule has 106 valence electrons. The zero-order valence-corrected chi connectivity index (χ0v) is 11.4. The zero-order chi connectivity index (χ0) is 13.7. The molecule has 0 aliphatic heterocycles. The van der Waals surface area contributed by atoms with Crippen molar-refractivity contribution in [2.45, 2.75) is 44.5 Å². The molecule has 1 aromatic rings. The van der Waals surface area contributed by atoms with Crippen molar-refractivity contribution in [1.29, 1.82) is 0 Å². The SMILES string of the molecule is COCc1ccc(C(=O)OC2CCCC(OC)C2)o1. The van der Waals surface area contributed by atoms with Crippen LogP contribution in [0.1, 0.15) is 42.0 Å². The van der Waals surface area contributed by atoms with Crippen molar-refractivity contribution in [1.82, 2.24) is 0 Å². The first kappa shape index (κ1) is 14.1. The molecule has 0 N–H and O–H groups in total. The lowest BCUT2D eigenvalue weighted by atomic mass is 9.95. The second kappa shape index (κ2) is 6.73. The van der Waals surface area contributed by atoms with E-state index < -0.39 is 5.97 Å². The average molecular weight is 268 g/mol. The molecule has 0 aromatic carbocycles. The molecule has 0 amide bonds. The molecule has 0 spiro atoms. The fourth-order valence-corrected chi connectivity index (χ4v) is 2.34. The quantitative estimate of drug-likeness (QED) is 0.768. The standard InChI is InChI=1S/C14H20O5/c1-16-9-12-6-7-13(18-12)14(15)19-11-5-3-4-10(8-11)17-2/h6-7,10-11H,3-5,8-9H2,1-2H3. The summed E-state index contributed by atoms with van der Waals surface area (Å²) in [5, 5.41) is 0. The summed E-state index contributed by atoms with van der Waals surface area (Å²) in [6, 6.07) is 3.34. The Hall–Kier alpha value is -1.33. The maximum atomic E-state index is 11.9. The van der Waals surface area contributed by atoms with E-state index in [1.807, 2.05) is 0 Å². The maximum absolute atomic E-state index is 11.9. The lowest BCUT2D eigenvalue weighted by Crippen LogP contribution is -2.29. The highest BCUT2D eigenvalue weighted by Crippen LogP contribution is 2.24. The van der Waals surface area contributed by atoms with Crippen LogP contribution in [0.3, 0.4) is 0 Å². The lowest BCUT2D eigenvalue weighted by Gasteiger charge is -2.27. The summed E-state index contributed by atoms with van der Waals surface area (Å²) in [6.45, 7) is 0.350. The highest BCUT2D eigenvalue weighted by Gasteiger charge is 2.26. The maximum Gasteiger partial charge on any atom is 0.374 e. The normalized spacial score (nSPS) is 23.3. The van der Waals surface area contributed by atoms with Gasteiger partial charge >= 0.3 is 5.97 Å². The summed E-state index contributed by atoms with van der Waals surface area (Å²) in [5.41, 5.74) is 0. The molecule has 5 heteroatoms. The van der Waals surface area contributed by atoms with Gasteiger partial charge in [0.15, 0.2) is 0 Å². The smallest absolute Gasteiger partial charge is 0.374 e. The Labute approximate surface area is 112 Å². The Morgan fingerprint density at radius 3 is 2.84 bits per heavy atom. The lowest BCUT2D eigenvalue weighted by molar-refractivity contribution is -0.0170. The van der Waals surface area contributed by atoms with Gasteiger partial charge in [-0.15, -0.1) is 0 Å². The molecule has 2 unspecified atom stereocenters. The monoisotopic (exact) mass is 268 g/mol. The first-order valence-corrected chi connectivity index (χ1v) is 6.54. The highest BCUT2D eigenvalue weighted by molar-refractivity contribution is 5.86. The number of hydrogen-bond donors (Lipinski definition) is 0. The van der Waals surface area contributed by atoms with E-state index in [1.165, 1.54) is 0 Å². The van der Waals surface area contributed by atoms with E-state index in [0.29, 0.717) is 12.4 Å². The molecule has 1 aliphatic rings. The zero-order valence-electron chi connectivity index (χ0n) is 11.4. The first-order chi connectivity index (χ1) is 9.22. The number of carbonyl (C=O) groups excluding carboxylic acids is 1. The van der Waals surface area contributed by atoms with Gasteiger partial charge < -0.3 is 18.6 Å². The summed E-state index contributed by atoms with van der Waals surface area (Å²) in [6.07, 6.45) is 3.80. The fourth-order valence-electron chi connectivity index (χ4n) is 2.34. The molecule has 1 heterocycles. The van der Waals surface area contributed by atoms with Gasteiger partial charge in [-0.25, -0.2) is 4.79 Å². The van der Waals surface area contributed by atoms with Crippen LogP contribution in [-0.4, -0.2) is 32.4 Å².